The van der Waals surface area contributed by atoms with Gasteiger partial charge in [0.25, 0.3) is 0 Å². The highest BCUT2D eigenvalue weighted by Gasteiger charge is 2.30. The molecule has 1 heterocycles. The highest BCUT2D eigenvalue weighted by molar-refractivity contribution is 5.79. The summed E-state index contributed by atoms with van der Waals surface area (Å²) in [6.07, 6.45) is 1.31. The lowest BCUT2D eigenvalue weighted by Crippen LogP contribution is -2.49. The normalized spacial score (nSPS) is 15.1. The molecule has 108 valence electrons. The van der Waals surface area contributed by atoms with Gasteiger partial charge in [-0.15, -0.1) is 0 Å². The van der Waals surface area contributed by atoms with Crippen molar-refractivity contribution in [3.8, 4) is 5.75 Å². The lowest BCUT2D eigenvalue weighted by molar-refractivity contribution is 0.0593. The quantitative estimate of drug-likeness (QED) is 0.898. The summed E-state index contributed by atoms with van der Waals surface area (Å²) < 4.78 is 5.85. The van der Waals surface area contributed by atoms with Crippen LogP contribution in [0.15, 0.2) is 36.5 Å². The van der Waals surface area contributed by atoms with E-state index in [1.807, 2.05) is 51.1 Å². The summed E-state index contributed by atoms with van der Waals surface area (Å²) in [6, 6.07) is 9.34. The molecule has 0 aliphatic carbocycles. The molecule has 0 saturated carbocycles. The van der Waals surface area contributed by atoms with Crippen molar-refractivity contribution in [2.75, 3.05) is 6.61 Å². The Morgan fingerprint density at radius 3 is 2.70 bits per heavy atom. The Morgan fingerprint density at radius 1 is 1.30 bits per heavy atom. The number of aliphatic hydroxyl groups excluding tert-OH is 1. The summed E-state index contributed by atoms with van der Waals surface area (Å²) in [6.45, 7) is 5.99. The first-order chi connectivity index (χ1) is 9.41. The summed E-state index contributed by atoms with van der Waals surface area (Å²) in [7, 11) is 0. The van der Waals surface area contributed by atoms with Crippen LogP contribution in [-0.2, 0) is 0 Å². The summed E-state index contributed by atoms with van der Waals surface area (Å²) in [5, 5.41) is 10.6. The van der Waals surface area contributed by atoms with Crippen LogP contribution in [0.25, 0.3) is 10.9 Å². The Balaban J connectivity index is 2.21. The van der Waals surface area contributed by atoms with Crippen LogP contribution in [0.1, 0.15) is 20.8 Å². The van der Waals surface area contributed by atoms with E-state index in [0.717, 1.165) is 10.9 Å². The largest absolute Gasteiger partial charge is 0.486 e. The summed E-state index contributed by atoms with van der Waals surface area (Å²) >= 11 is 0. The molecule has 0 saturated heterocycles. The molecule has 1 aromatic heterocycles. The van der Waals surface area contributed by atoms with E-state index >= 15 is 0 Å². The predicted octanol–water partition coefficient (Wildman–Crippen LogP) is 2.35. The highest BCUT2D eigenvalue weighted by atomic mass is 16.5. The second-order valence-electron chi connectivity index (χ2n) is 6.09. The molecule has 0 amide bonds. The van der Waals surface area contributed by atoms with Crippen LogP contribution < -0.4 is 10.5 Å². The van der Waals surface area contributed by atoms with E-state index in [4.69, 9.17) is 10.5 Å². The van der Waals surface area contributed by atoms with Crippen molar-refractivity contribution >= 4 is 10.9 Å². The van der Waals surface area contributed by atoms with E-state index in [0.29, 0.717) is 5.75 Å². The van der Waals surface area contributed by atoms with Gasteiger partial charge in [-0.05, 0) is 23.6 Å². The highest BCUT2D eigenvalue weighted by Crippen LogP contribution is 2.25. The number of rotatable bonds is 4. The van der Waals surface area contributed by atoms with E-state index in [-0.39, 0.29) is 18.1 Å². The Kier molecular flexibility index (Phi) is 4.26. The first-order valence-corrected chi connectivity index (χ1v) is 6.79. The number of aromatic nitrogens is 1. The number of hydrogen-bond acceptors (Lipinski definition) is 4. The Bertz CT molecular complexity index is 578. The molecule has 0 fully saturated rings. The van der Waals surface area contributed by atoms with Crippen molar-refractivity contribution in [2.45, 2.75) is 32.9 Å². The number of nitrogens with zero attached hydrogens (tertiary/aromatic N) is 1. The van der Waals surface area contributed by atoms with Gasteiger partial charge in [-0.25, -0.2) is 0 Å². The molecule has 0 aliphatic heterocycles. The molecule has 20 heavy (non-hydrogen) atoms. The van der Waals surface area contributed by atoms with E-state index in [9.17, 15) is 5.11 Å². The minimum absolute atomic E-state index is 0.112. The molecule has 0 spiro atoms. The van der Waals surface area contributed by atoms with Gasteiger partial charge in [-0.2, -0.15) is 0 Å². The predicted molar refractivity (Wildman–Crippen MR) is 80.7 cm³/mol. The van der Waals surface area contributed by atoms with E-state index in [2.05, 4.69) is 4.98 Å². The van der Waals surface area contributed by atoms with Crippen LogP contribution in [-0.4, -0.2) is 28.8 Å². The maximum Gasteiger partial charge on any atom is 0.137 e. The van der Waals surface area contributed by atoms with Crippen LogP contribution >= 0.6 is 0 Å². The fourth-order valence-corrected chi connectivity index (χ4v) is 2.08. The van der Waals surface area contributed by atoms with Crippen molar-refractivity contribution in [1.82, 2.24) is 4.98 Å². The fourth-order valence-electron chi connectivity index (χ4n) is 2.08. The standard InChI is InChI=1S/C16H22N2O2/c1-16(2,3)15(17)14(10-19)20-12-7-6-11-5-4-8-18-13(11)9-12/h4-9,14-15,19H,10,17H2,1-3H3. The topological polar surface area (TPSA) is 68.4 Å². The van der Waals surface area contributed by atoms with Gasteiger partial charge >= 0.3 is 0 Å². The molecule has 2 atom stereocenters. The monoisotopic (exact) mass is 274 g/mol. The maximum atomic E-state index is 9.51. The maximum absolute atomic E-state index is 9.51. The third kappa shape index (κ3) is 3.26. The van der Waals surface area contributed by atoms with E-state index < -0.39 is 6.10 Å². The van der Waals surface area contributed by atoms with E-state index in [1.54, 1.807) is 6.20 Å². The molecule has 4 heteroatoms. The Labute approximate surface area is 119 Å². The van der Waals surface area contributed by atoms with Crippen molar-refractivity contribution in [3.63, 3.8) is 0 Å². The lowest BCUT2D eigenvalue weighted by atomic mass is 9.84. The number of aliphatic hydroxyl groups is 1. The van der Waals surface area contributed by atoms with Gasteiger partial charge in [0, 0.05) is 23.7 Å². The van der Waals surface area contributed by atoms with Gasteiger partial charge in [0.15, 0.2) is 0 Å². The number of nitrogens with two attached hydrogens (primary N) is 1. The first-order valence-electron chi connectivity index (χ1n) is 6.79. The van der Waals surface area contributed by atoms with Gasteiger partial charge in [0.1, 0.15) is 11.9 Å². The van der Waals surface area contributed by atoms with E-state index in [1.165, 1.54) is 0 Å². The second-order valence-corrected chi connectivity index (χ2v) is 6.09. The number of ether oxygens (including phenoxy) is 1. The molecule has 3 N–H and O–H groups in total. The molecule has 2 aromatic rings. The molecule has 0 bridgehead atoms. The summed E-state index contributed by atoms with van der Waals surface area (Å²) in [5.74, 6) is 0.676. The SMILES string of the molecule is CC(C)(C)C(N)C(CO)Oc1ccc2cccnc2c1. The summed E-state index contributed by atoms with van der Waals surface area (Å²) in [4.78, 5) is 4.29. The van der Waals surface area contributed by atoms with Crippen LogP contribution in [0.5, 0.6) is 5.75 Å². The molecule has 0 aliphatic rings. The Morgan fingerprint density at radius 2 is 2.05 bits per heavy atom. The summed E-state index contributed by atoms with van der Waals surface area (Å²) in [5.41, 5.74) is 6.90. The second kappa shape index (κ2) is 5.77. The van der Waals surface area contributed by atoms with Crippen LogP contribution in [0.2, 0.25) is 0 Å². The molecular formula is C16H22N2O2. The minimum Gasteiger partial charge on any atom is -0.486 e. The molecular weight excluding hydrogens is 252 g/mol. The van der Waals surface area contributed by atoms with Gasteiger partial charge in [0.05, 0.1) is 12.1 Å². The molecule has 0 radical (unpaired) electrons. The van der Waals surface area contributed by atoms with Gasteiger partial charge in [0.2, 0.25) is 0 Å². The van der Waals surface area contributed by atoms with Crippen LogP contribution in [0, 0.1) is 5.41 Å². The van der Waals surface area contributed by atoms with Gasteiger partial charge in [-0.1, -0.05) is 26.8 Å². The van der Waals surface area contributed by atoms with Gasteiger partial charge in [-0.3, -0.25) is 4.98 Å². The van der Waals surface area contributed by atoms with Crippen molar-refractivity contribution in [3.05, 3.63) is 36.5 Å². The zero-order valence-electron chi connectivity index (χ0n) is 12.2. The van der Waals surface area contributed by atoms with Crippen LogP contribution in [0.4, 0.5) is 0 Å². The van der Waals surface area contributed by atoms with Crippen molar-refractivity contribution in [1.29, 1.82) is 0 Å². The molecule has 4 nitrogen and oxygen atoms in total. The van der Waals surface area contributed by atoms with Crippen LogP contribution in [0.3, 0.4) is 0 Å². The number of pyridine rings is 1. The molecule has 2 rings (SSSR count). The number of fused-ring (bicyclic) bond motifs is 1. The van der Waals surface area contributed by atoms with Crippen molar-refractivity contribution in [2.24, 2.45) is 11.1 Å². The van der Waals surface area contributed by atoms with Gasteiger partial charge < -0.3 is 15.6 Å². The first kappa shape index (κ1) is 14.8. The smallest absolute Gasteiger partial charge is 0.137 e. The van der Waals surface area contributed by atoms with Crippen molar-refractivity contribution < 1.29 is 9.84 Å². The molecule has 1 aromatic carbocycles. The third-order valence-corrected chi connectivity index (χ3v) is 3.45. The Hall–Kier alpha value is -1.65. The number of hydrogen-bond donors (Lipinski definition) is 2. The average Bonchev–Trinajstić information content (AvgIpc) is 2.43. The average molecular weight is 274 g/mol. The number of benzene rings is 1. The zero-order valence-corrected chi connectivity index (χ0v) is 12.2. The third-order valence-electron chi connectivity index (χ3n) is 3.45. The fraction of sp³-hybridized carbons (Fsp3) is 0.438. The lowest BCUT2D eigenvalue weighted by Gasteiger charge is -2.33. The zero-order chi connectivity index (χ0) is 14.8. The minimum atomic E-state index is -0.434. The molecule has 2 unspecified atom stereocenters.